The van der Waals surface area contributed by atoms with Gasteiger partial charge in [0, 0.05) is 18.7 Å². The van der Waals surface area contributed by atoms with Gasteiger partial charge in [0.25, 0.3) is 0 Å². The van der Waals surface area contributed by atoms with Gasteiger partial charge in [0.2, 0.25) is 5.91 Å². The van der Waals surface area contributed by atoms with E-state index in [1.165, 1.54) is 23.5 Å². The van der Waals surface area contributed by atoms with E-state index in [4.69, 9.17) is 0 Å². The zero-order valence-electron chi connectivity index (χ0n) is 16.0. The van der Waals surface area contributed by atoms with Gasteiger partial charge in [-0.05, 0) is 56.9 Å². The maximum Gasteiger partial charge on any atom is 0.229 e. The predicted molar refractivity (Wildman–Crippen MR) is 107 cm³/mol. The molecular weight excluding hydrogens is 401 g/mol. The number of aromatic nitrogens is 2. The lowest BCUT2D eigenvalue weighted by molar-refractivity contribution is -0.131. The number of halogens is 1. The average Bonchev–Trinajstić information content (AvgIpc) is 3.11. The second kappa shape index (κ2) is 8.65. The number of piperidine rings is 1. The molecular formula is C19H24FN3O3S2. The minimum atomic E-state index is -3.05. The van der Waals surface area contributed by atoms with Crippen molar-refractivity contribution >= 4 is 27.1 Å². The fourth-order valence-electron chi connectivity index (χ4n) is 3.15. The molecule has 152 valence electrons. The molecule has 0 atom stereocenters. The Hall–Kier alpha value is -1.87. The van der Waals surface area contributed by atoms with Gasteiger partial charge >= 0.3 is 0 Å². The molecule has 0 unspecified atom stereocenters. The molecule has 9 heteroatoms. The van der Waals surface area contributed by atoms with Crippen molar-refractivity contribution in [2.45, 2.75) is 38.4 Å². The summed E-state index contributed by atoms with van der Waals surface area (Å²) in [6.45, 7) is 4.55. The van der Waals surface area contributed by atoms with Gasteiger partial charge in [-0.2, -0.15) is 0 Å². The molecule has 28 heavy (non-hydrogen) atoms. The molecule has 1 fully saturated rings. The summed E-state index contributed by atoms with van der Waals surface area (Å²) in [7, 11) is -3.05. The highest BCUT2D eigenvalue weighted by Gasteiger charge is 2.28. The summed E-state index contributed by atoms with van der Waals surface area (Å²) in [6, 6.07) is 6.01. The van der Waals surface area contributed by atoms with Gasteiger partial charge in [-0.25, -0.2) is 12.8 Å². The Kier molecular flexibility index (Phi) is 6.44. The molecule has 3 rings (SSSR count). The van der Waals surface area contributed by atoms with Gasteiger partial charge in [-0.15, -0.1) is 10.2 Å². The minimum Gasteiger partial charge on any atom is -0.342 e. The van der Waals surface area contributed by atoms with Crippen LogP contribution in [0.15, 0.2) is 24.3 Å². The predicted octanol–water partition coefficient (Wildman–Crippen LogP) is 2.95. The number of sulfone groups is 1. The SMILES string of the molecule is CC(C)S(=O)(=O)CC1CCN(C(=O)Cc2nnc(-c3ccc(F)cc3)s2)CC1. The zero-order chi connectivity index (χ0) is 20.3. The van der Waals surface area contributed by atoms with Crippen LogP contribution >= 0.6 is 11.3 Å². The molecule has 2 aromatic rings. The number of nitrogens with zero attached hydrogens (tertiary/aromatic N) is 3. The lowest BCUT2D eigenvalue weighted by atomic mass is 9.99. The maximum absolute atomic E-state index is 13.0. The van der Waals surface area contributed by atoms with Crippen molar-refractivity contribution < 1.29 is 17.6 Å². The molecule has 0 bridgehead atoms. The largest absolute Gasteiger partial charge is 0.342 e. The molecule has 0 saturated carbocycles. The van der Waals surface area contributed by atoms with Crippen molar-refractivity contribution in [1.29, 1.82) is 0 Å². The van der Waals surface area contributed by atoms with Crippen LogP contribution in [0.1, 0.15) is 31.7 Å². The number of benzene rings is 1. The number of likely N-dealkylation sites (tertiary alicyclic amines) is 1. The number of carbonyl (C=O) groups excluding carboxylic acids is 1. The monoisotopic (exact) mass is 425 g/mol. The van der Waals surface area contributed by atoms with Crippen molar-refractivity contribution in [3.63, 3.8) is 0 Å². The van der Waals surface area contributed by atoms with Crippen molar-refractivity contribution in [3.8, 4) is 10.6 Å². The Labute approximate surface area is 168 Å². The number of amides is 1. The first kappa shape index (κ1) is 20.9. The molecule has 2 heterocycles. The quantitative estimate of drug-likeness (QED) is 0.711. The van der Waals surface area contributed by atoms with E-state index in [1.807, 2.05) is 0 Å². The van der Waals surface area contributed by atoms with Gasteiger partial charge in [-0.1, -0.05) is 11.3 Å². The molecule has 0 radical (unpaired) electrons. The van der Waals surface area contributed by atoms with Crippen LogP contribution in [0.3, 0.4) is 0 Å². The van der Waals surface area contributed by atoms with Crippen LogP contribution in [0.5, 0.6) is 0 Å². The average molecular weight is 426 g/mol. The second-order valence-electron chi connectivity index (χ2n) is 7.39. The summed E-state index contributed by atoms with van der Waals surface area (Å²) in [5.74, 6) is -0.0206. The topological polar surface area (TPSA) is 80.2 Å². The first-order valence-corrected chi connectivity index (χ1v) is 11.9. The smallest absolute Gasteiger partial charge is 0.229 e. The number of hydrogen-bond acceptors (Lipinski definition) is 6. The van der Waals surface area contributed by atoms with Crippen LogP contribution in [0.4, 0.5) is 4.39 Å². The van der Waals surface area contributed by atoms with Crippen LogP contribution in [-0.2, 0) is 21.1 Å². The summed E-state index contributed by atoms with van der Waals surface area (Å²) in [4.78, 5) is 14.3. The first-order valence-electron chi connectivity index (χ1n) is 9.32. The summed E-state index contributed by atoms with van der Waals surface area (Å²) in [6.07, 6.45) is 1.58. The lowest BCUT2D eigenvalue weighted by Crippen LogP contribution is -2.41. The molecule has 1 aliphatic heterocycles. The zero-order valence-corrected chi connectivity index (χ0v) is 17.6. The minimum absolute atomic E-state index is 0.0213. The Morgan fingerprint density at radius 2 is 1.86 bits per heavy atom. The van der Waals surface area contributed by atoms with E-state index in [0.717, 1.165) is 5.56 Å². The molecule has 1 amide bonds. The lowest BCUT2D eigenvalue weighted by Gasteiger charge is -2.32. The summed E-state index contributed by atoms with van der Waals surface area (Å²) in [5.41, 5.74) is 0.768. The molecule has 1 aliphatic rings. The van der Waals surface area contributed by atoms with E-state index < -0.39 is 9.84 Å². The Morgan fingerprint density at radius 3 is 2.46 bits per heavy atom. The van der Waals surface area contributed by atoms with Gasteiger partial charge in [0.05, 0.1) is 17.4 Å². The molecule has 0 N–H and O–H groups in total. The highest BCUT2D eigenvalue weighted by Crippen LogP contribution is 2.25. The van der Waals surface area contributed by atoms with E-state index in [9.17, 15) is 17.6 Å². The van der Waals surface area contributed by atoms with E-state index >= 15 is 0 Å². The fourth-order valence-corrected chi connectivity index (χ4v) is 5.36. The Bertz CT molecular complexity index is 918. The third kappa shape index (κ3) is 5.14. The van der Waals surface area contributed by atoms with Crippen LogP contribution in [0.25, 0.3) is 10.6 Å². The molecule has 6 nitrogen and oxygen atoms in total. The van der Waals surface area contributed by atoms with Crippen LogP contribution in [-0.4, -0.2) is 53.5 Å². The number of hydrogen-bond donors (Lipinski definition) is 0. The third-order valence-electron chi connectivity index (χ3n) is 5.01. The number of rotatable bonds is 6. The standard InChI is InChI=1S/C19H24FN3O3S2/c1-13(2)28(25,26)12-14-7-9-23(10-8-14)18(24)11-17-21-22-19(27-17)15-3-5-16(20)6-4-15/h3-6,13-14H,7-12H2,1-2H3. The van der Waals surface area contributed by atoms with Crippen molar-refractivity contribution in [1.82, 2.24) is 15.1 Å². The van der Waals surface area contributed by atoms with Gasteiger partial charge < -0.3 is 4.90 Å². The van der Waals surface area contributed by atoms with Crippen LogP contribution < -0.4 is 0 Å². The summed E-state index contributed by atoms with van der Waals surface area (Å²) < 4.78 is 37.2. The molecule has 1 aromatic heterocycles. The highest BCUT2D eigenvalue weighted by atomic mass is 32.2. The molecule has 1 aromatic carbocycles. The second-order valence-corrected chi connectivity index (χ2v) is 11.1. The van der Waals surface area contributed by atoms with Gasteiger partial charge in [0.1, 0.15) is 15.8 Å². The molecule has 0 spiro atoms. The third-order valence-corrected chi connectivity index (χ3v) is 8.36. The Morgan fingerprint density at radius 1 is 1.21 bits per heavy atom. The normalized spacial score (nSPS) is 15.9. The maximum atomic E-state index is 13.0. The van der Waals surface area contributed by atoms with Crippen LogP contribution in [0, 0.1) is 11.7 Å². The van der Waals surface area contributed by atoms with Crippen molar-refractivity contribution in [2.24, 2.45) is 5.92 Å². The first-order chi connectivity index (χ1) is 13.2. The van der Waals surface area contributed by atoms with Gasteiger partial charge in [-0.3, -0.25) is 4.79 Å². The molecule has 1 saturated heterocycles. The van der Waals surface area contributed by atoms with E-state index in [0.29, 0.717) is 35.9 Å². The Balaban J connectivity index is 1.53. The molecule has 0 aliphatic carbocycles. The summed E-state index contributed by atoms with van der Waals surface area (Å²) >= 11 is 1.32. The van der Waals surface area contributed by atoms with Crippen molar-refractivity contribution in [3.05, 3.63) is 35.1 Å². The van der Waals surface area contributed by atoms with Crippen LogP contribution in [0.2, 0.25) is 0 Å². The highest BCUT2D eigenvalue weighted by molar-refractivity contribution is 7.91. The van der Waals surface area contributed by atoms with E-state index in [2.05, 4.69) is 10.2 Å². The summed E-state index contributed by atoms with van der Waals surface area (Å²) in [5, 5.41) is 9.08. The van der Waals surface area contributed by atoms with E-state index in [1.54, 1.807) is 30.9 Å². The van der Waals surface area contributed by atoms with Gasteiger partial charge in [0.15, 0.2) is 9.84 Å². The fraction of sp³-hybridized carbons (Fsp3) is 0.526. The van der Waals surface area contributed by atoms with E-state index in [-0.39, 0.29) is 35.1 Å². The van der Waals surface area contributed by atoms with Crippen molar-refractivity contribution in [2.75, 3.05) is 18.8 Å². The number of carbonyl (C=O) groups is 1.